The van der Waals surface area contributed by atoms with E-state index in [1.165, 1.54) is 12.1 Å². The number of amides is 1. The minimum Gasteiger partial charge on any atom is -0.478 e. The first-order chi connectivity index (χ1) is 12.2. The van der Waals surface area contributed by atoms with E-state index in [1.807, 2.05) is 30.3 Å². The molecule has 1 aromatic heterocycles. The molecule has 3 rings (SSSR count). The number of fused-ring (bicyclic) bond motifs is 1. The van der Waals surface area contributed by atoms with Crippen molar-refractivity contribution in [2.24, 2.45) is 0 Å². The van der Waals surface area contributed by atoms with Crippen molar-refractivity contribution in [3.8, 4) is 17.6 Å². The molecule has 0 aliphatic heterocycles. The Balaban J connectivity index is 1.50. The molecule has 2 aromatic carbocycles. The number of para-hydroxylation sites is 2. The molecular weight excluding hydrogens is 319 g/mol. The van der Waals surface area contributed by atoms with Gasteiger partial charge < -0.3 is 10.1 Å². The normalized spacial score (nSPS) is 9.96. The summed E-state index contributed by atoms with van der Waals surface area (Å²) >= 11 is 0. The lowest BCUT2D eigenvalue weighted by Gasteiger charge is -2.03. The fraction of sp³-hybridized carbons (Fsp3) is 0.100. The molecule has 25 heavy (non-hydrogen) atoms. The van der Waals surface area contributed by atoms with E-state index in [4.69, 9.17) is 4.74 Å². The predicted octanol–water partition coefficient (Wildman–Crippen LogP) is 3.19. The number of nitrogens with zero attached hydrogens (tertiary/aromatic N) is 1. The largest absolute Gasteiger partial charge is 0.478 e. The molecule has 0 atom stereocenters. The minimum absolute atomic E-state index is 0.0467. The van der Waals surface area contributed by atoms with Gasteiger partial charge in [0.15, 0.2) is 11.6 Å². The highest BCUT2D eigenvalue weighted by molar-refractivity contribution is 5.94. The molecule has 0 saturated carbocycles. The number of hydrogen-bond acceptors (Lipinski definition) is 3. The maximum absolute atomic E-state index is 13.3. The maximum atomic E-state index is 13.3. The standard InChI is InChI=1S/C20H15FN2O2/c21-16-8-2-4-10-19(16)25-14-6-5-13-22-20(24)18-12-11-15-7-1-3-9-17(15)23-18/h1-4,7-12H,13-14H2,(H,22,24). The lowest BCUT2D eigenvalue weighted by molar-refractivity contribution is 0.0954. The fourth-order valence-electron chi connectivity index (χ4n) is 2.20. The molecule has 5 heteroatoms. The average Bonchev–Trinajstić information content (AvgIpc) is 2.65. The molecule has 0 radical (unpaired) electrons. The number of benzene rings is 2. The third-order valence-corrected chi connectivity index (χ3v) is 3.43. The van der Waals surface area contributed by atoms with Crippen LogP contribution >= 0.6 is 0 Å². The topological polar surface area (TPSA) is 51.2 Å². The van der Waals surface area contributed by atoms with Crippen molar-refractivity contribution in [3.05, 3.63) is 72.2 Å². The summed E-state index contributed by atoms with van der Waals surface area (Å²) in [6, 6.07) is 17.2. The van der Waals surface area contributed by atoms with Crippen LogP contribution in [-0.2, 0) is 0 Å². The van der Waals surface area contributed by atoms with E-state index in [2.05, 4.69) is 22.1 Å². The Labute approximate surface area is 144 Å². The van der Waals surface area contributed by atoms with Crippen LogP contribution in [-0.4, -0.2) is 24.0 Å². The Bertz CT molecular complexity index is 960. The Kier molecular flexibility index (Phi) is 5.22. The number of aromatic nitrogens is 1. The molecule has 1 N–H and O–H groups in total. The highest BCUT2D eigenvalue weighted by atomic mass is 19.1. The van der Waals surface area contributed by atoms with Gasteiger partial charge in [0.2, 0.25) is 0 Å². The third kappa shape index (κ3) is 4.33. The summed E-state index contributed by atoms with van der Waals surface area (Å²) in [5, 5.41) is 3.65. The Morgan fingerprint density at radius 3 is 2.72 bits per heavy atom. The van der Waals surface area contributed by atoms with E-state index in [0.717, 1.165) is 10.9 Å². The Morgan fingerprint density at radius 1 is 1.04 bits per heavy atom. The van der Waals surface area contributed by atoms with Crippen molar-refractivity contribution in [2.45, 2.75) is 0 Å². The summed E-state index contributed by atoms with van der Waals surface area (Å²) < 4.78 is 18.5. The molecule has 0 fully saturated rings. The first-order valence-corrected chi connectivity index (χ1v) is 7.71. The molecule has 0 bridgehead atoms. The van der Waals surface area contributed by atoms with Crippen molar-refractivity contribution in [1.82, 2.24) is 10.3 Å². The molecule has 124 valence electrons. The monoisotopic (exact) mass is 334 g/mol. The van der Waals surface area contributed by atoms with Gasteiger partial charge in [-0.15, -0.1) is 0 Å². The molecule has 1 amide bonds. The van der Waals surface area contributed by atoms with Gasteiger partial charge in [-0.25, -0.2) is 9.37 Å². The highest BCUT2D eigenvalue weighted by Gasteiger charge is 2.06. The lowest BCUT2D eigenvalue weighted by atomic mass is 10.2. The summed E-state index contributed by atoms with van der Waals surface area (Å²) in [5.74, 6) is 4.91. The zero-order valence-corrected chi connectivity index (χ0v) is 13.3. The molecule has 0 aliphatic rings. The van der Waals surface area contributed by atoms with E-state index >= 15 is 0 Å². The summed E-state index contributed by atoms with van der Waals surface area (Å²) in [6.45, 7) is 0.207. The van der Waals surface area contributed by atoms with Gasteiger partial charge in [-0.05, 0) is 24.3 Å². The number of hydrogen-bond donors (Lipinski definition) is 1. The predicted molar refractivity (Wildman–Crippen MR) is 93.7 cm³/mol. The van der Waals surface area contributed by atoms with Gasteiger partial charge in [-0.3, -0.25) is 4.79 Å². The van der Waals surface area contributed by atoms with Crippen molar-refractivity contribution >= 4 is 16.8 Å². The number of halogens is 1. The van der Waals surface area contributed by atoms with Crippen LogP contribution in [0, 0.1) is 17.7 Å². The zero-order chi connectivity index (χ0) is 17.5. The molecule has 3 aromatic rings. The molecular formula is C20H15FN2O2. The van der Waals surface area contributed by atoms with E-state index in [1.54, 1.807) is 18.2 Å². The van der Waals surface area contributed by atoms with E-state index in [0.29, 0.717) is 5.69 Å². The van der Waals surface area contributed by atoms with Crippen LogP contribution in [0.1, 0.15) is 10.5 Å². The first-order valence-electron chi connectivity index (χ1n) is 7.71. The van der Waals surface area contributed by atoms with Crippen LogP contribution in [0.4, 0.5) is 4.39 Å². The Morgan fingerprint density at radius 2 is 1.84 bits per heavy atom. The second kappa shape index (κ2) is 7.93. The zero-order valence-electron chi connectivity index (χ0n) is 13.3. The van der Waals surface area contributed by atoms with Crippen LogP contribution in [0.2, 0.25) is 0 Å². The Hall–Kier alpha value is -3.39. The van der Waals surface area contributed by atoms with Crippen molar-refractivity contribution in [1.29, 1.82) is 0 Å². The van der Waals surface area contributed by atoms with Gasteiger partial charge >= 0.3 is 0 Å². The summed E-state index contributed by atoms with van der Waals surface area (Å²) in [5.41, 5.74) is 1.10. The number of rotatable bonds is 4. The third-order valence-electron chi connectivity index (χ3n) is 3.43. The molecule has 0 aliphatic carbocycles. The van der Waals surface area contributed by atoms with Crippen LogP contribution in [0.3, 0.4) is 0 Å². The molecule has 0 spiro atoms. The molecule has 0 unspecified atom stereocenters. The van der Waals surface area contributed by atoms with Gasteiger partial charge in [-0.1, -0.05) is 48.2 Å². The van der Waals surface area contributed by atoms with E-state index in [-0.39, 0.29) is 24.8 Å². The second-order valence-corrected chi connectivity index (χ2v) is 5.14. The number of carbonyl (C=O) groups excluding carboxylic acids is 1. The minimum atomic E-state index is -0.431. The summed E-state index contributed by atoms with van der Waals surface area (Å²) in [4.78, 5) is 16.4. The van der Waals surface area contributed by atoms with Crippen LogP contribution in [0.5, 0.6) is 5.75 Å². The summed E-state index contributed by atoms with van der Waals surface area (Å²) in [6.07, 6.45) is 0. The van der Waals surface area contributed by atoms with Crippen LogP contribution in [0.25, 0.3) is 10.9 Å². The first kappa shape index (κ1) is 16.5. The fourth-order valence-corrected chi connectivity index (χ4v) is 2.20. The van der Waals surface area contributed by atoms with Crippen molar-refractivity contribution in [2.75, 3.05) is 13.2 Å². The van der Waals surface area contributed by atoms with E-state index in [9.17, 15) is 9.18 Å². The van der Waals surface area contributed by atoms with Gasteiger partial charge in [-0.2, -0.15) is 0 Å². The van der Waals surface area contributed by atoms with Crippen molar-refractivity contribution in [3.63, 3.8) is 0 Å². The smallest absolute Gasteiger partial charge is 0.270 e. The SMILES string of the molecule is O=C(NCC#CCOc1ccccc1F)c1ccc2ccccc2n1. The number of carbonyl (C=O) groups is 1. The van der Waals surface area contributed by atoms with Gasteiger partial charge in [0.1, 0.15) is 12.3 Å². The summed E-state index contributed by atoms with van der Waals surface area (Å²) in [7, 11) is 0. The molecule has 4 nitrogen and oxygen atoms in total. The number of ether oxygens (including phenoxy) is 1. The van der Waals surface area contributed by atoms with E-state index < -0.39 is 5.82 Å². The maximum Gasteiger partial charge on any atom is 0.270 e. The van der Waals surface area contributed by atoms with Crippen molar-refractivity contribution < 1.29 is 13.9 Å². The second-order valence-electron chi connectivity index (χ2n) is 5.14. The lowest BCUT2D eigenvalue weighted by Crippen LogP contribution is -2.24. The van der Waals surface area contributed by atoms with Gasteiger partial charge in [0, 0.05) is 5.39 Å². The molecule has 0 saturated heterocycles. The average molecular weight is 334 g/mol. The molecule has 1 heterocycles. The van der Waals surface area contributed by atoms with Crippen LogP contribution < -0.4 is 10.1 Å². The quantitative estimate of drug-likeness (QED) is 0.746. The number of nitrogens with one attached hydrogen (secondary N) is 1. The highest BCUT2D eigenvalue weighted by Crippen LogP contribution is 2.14. The number of pyridine rings is 1. The van der Waals surface area contributed by atoms with Gasteiger partial charge in [0.05, 0.1) is 12.1 Å². The van der Waals surface area contributed by atoms with Gasteiger partial charge in [0.25, 0.3) is 5.91 Å². The van der Waals surface area contributed by atoms with Crippen LogP contribution in [0.15, 0.2) is 60.7 Å².